The van der Waals surface area contributed by atoms with E-state index >= 15 is 0 Å². The Balaban J connectivity index is 1.61. The largest absolute Gasteiger partial charge is 0.476 e. The van der Waals surface area contributed by atoms with Crippen molar-refractivity contribution in [3.05, 3.63) is 63.2 Å². The maximum Gasteiger partial charge on any atom is 0.221 e. The van der Waals surface area contributed by atoms with E-state index in [0.717, 1.165) is 44.3 Å². The van der Waals surface area contributed by atoms with Crippen molar-refractivity contribution in [3.63, 3.8) is 0 Å². The van der Waals surface area contributed by atoms with Crippen LogP contribution in [0.5, 0.6) is 5.88 Å². The Morgan fingerprint density at radius 3 is 2.56 bits per heavy atom. The van der Waals surface area contributed by atoms with Gasteiger partial charge >= 0.3 is 0 Å². The lowest BCUT2D eigenvalue weighted by molar-refractivity contribution is -0.0120. The Hall–Kier alpha value is -2.14. The minimum Gasteiger partial charge on any atom is -0.476 e. The molecule has 1 aliphatic heterocycles. The molecule has 0 spiro atoms. The zero-order valence-corrected chi connectivity index (χ0v) is 15.9. The van der Waals surface area contributed by atoms with Gasteiger partial charge in [-0.25, -0.2) is 4.39 Å². The molecule has 1 aliphatic rings. The van der Waals surface area contributed by atoms with Crippen molar-refractivity contribution in [1.82, 2.24) is 4.98 Å². The summed E-state index contributed by atoms with van der Waals surface area (Å²) in [6.07, 6.45) is 6.45. The number of H-pyrrole nitrogens is 1. The topological polar surface area (TPSA) is 51.3 Å². The number of pyridine rings is 1. The second-order valence-electron chi connectivity index (χ2n) is 7.16. The number of aromatic nitrogens is 1. The number of benzene rings is 1. The zero-order chi connectivity index (χ0) is 19.1. The molecule has 1 N–H and O–H groups in total. The molecule has 3 rings (SSSR count). The van der Waals surface area contributed by atoms with Gasteiger partial charge in [0.05, 0.1) is 11.8 Å². The molecule has 4 nitrogen and oxygen atoms in total. The van der Waals surface area contributed by atoms with Gasteiger partial charge in [0.25, 0.3) is 0 Å². The third kappa shape index (κ3) is 5.67. The second-order valence-corrected chi connectivity index (χ2v) is 7.16. The monoisotopic (exact) mass is 373 g/mol. The molecule has 0 amide bonds. The number of aromatic amines is 1. The van der Waals surface area contributed by atoms with Crippen molar-refractivity contribution in [3.8, 4) is 5.88 Å². The molecule has 0 saturated carbocycles. The smallest absolute Gasteiger partial charge is 0.221 e. The van der Waals surface area contributed by atoms with E-state index in [1.807, 2.05) is 0 Å². The predicted octanol–water partition coefficient (Wildman–Crippen LogP) is 4.20. The summed E-state index contributed by atoms with van der Waals surface area (Å²) in [6.45, 7) is 3.28. The lowest BCUT2D eigenvalue weighted by atomic mass is 10.0. The van der Waals surface area contributed by atoms with Crippen molar-refractivity contribution in [2.45, 2.75) is 58.0 Å². The van der Waals surface area contributed by atoms with Gasteiger partial charge in [0.2, 0.25) is 5.43 Å². The first-order valence-corrected chi connectivity index (χ1v) is 9.89. The van der Waals surface area contributed by atoms with Crippen molar-refractivity contribution >= 4 is 0 Å². The second kappa shape index (κ2) is 9.70. The number of nitrogens with one attached hydrogen (secondary N) is 1. The Labute approximate surface area is 159 Å². The first-order chi connectivity index (χ1) is 13.2. The summed E-state index contributed by atoms with van der Waals surface area (Å²) in [6, 6.07) is 9.55. The summed E-state index contributed by atoms with van der Waals surface area (Å²) in [4.78, 5) is 14.9. The summed E-state index contributed by atoms with van der Waals surface area (Å²) < 4.78 is 25.5. The molecule has 2 aromatic rings. The predicted molar refractivity (Wildman–Crippen MR) is 104 cm³/mol. The first-order valence-electron chi connectivity index (χ1n) is 9.89. The van der Waals surface area contributed by atoms with Crippen LogP contribution in [0.15, 0.2) is 35.1 Å². The van der Waals surface area contributed by atoms with E-state index in [1.165, 1.54) is 11.6 Å². The molecule has 1 fully saturated rings. The highest BCUT2D eigenvalue weighted by atomic mass is 19.1. The summed E-state index contributed by atoms with van der Waals surface area (Å²) >= 11 is 0. The zero-order valence-electron chi connectivity index (χ0n) is 15.9. The average Bonchev–Trinajstić information content (AvgIpc) is 2.70. The quantitative estimate of drug-likeness (QED) is 0.754. The number of aryl methyl sites for hydroxylation is 3. The van der Waals surface area contributed by atoms with E-state index in [1.54, 1.807) is 0 Å². The van der Waals surface area contributed by atoms with E-state index in [2.05, 4.69) is 36.2 Å². The van der Waals surface area contributed by atoms with Crippen molar-refractivity contribution in [1.29, 1.82) is 0 Å². The summed E-state index contributed by atoms with van der Waals surface area (Å²) in [5, 5.41) is 0. The first kappa shape index (κ1) is 19.6. The van der Waals surface area contributed by atoms with E-state index in [4.69, 9.17) is 9.47 Å². The molecule has 5 heteroatoms. The average molecular weight is 373 g/mol. The van der Waals surface area contributed by atoms with Crippen LogP contribution in [0.3, 0.4) is 0 Å². The van der Waals surface area contributed by atoms with Gasteiger partial charge in [-0.05, 0) is 49.7 Å². The van der Waals surface area contributed by atoms with Crippen LogP contribution in [0, 0.1) is 5.82 Å². The molecule has 2 heterocycles. The summed E-state index contributed by atoms with van der Waals surface area (Å²) in [7, 11) is 0. The van der Waals surface area contributed by atoms with Crippen LogP contribution >= 0.6 is 0 Å². The standard InChI is InChI=1S/C22H28FNO3/c1-2-5-16-7-9-17(10-8-16)11-12-19-22(23)20(25)14-21(24-19)27-15-18-6-3-4-13-26-18/h7-10,14,18H,2-6,11-13,15H2,1H3,(H,24,25). The maximum absolute atomic E-state index is 14.2. The van der Waals surface area contributed by atoms with E-state index in [9.17, 15) is 9.18 Å². The van der Waals surface area contributed by atoms with E-state index in [0.29, 0.717) is 31.0 Å². The van der Waals surface area contributed by atoms with Crippen molar-refractivity contribution in [2.75, 3.05) is 13.2 Å². The molecule has 1 saturated heterocycles. The van der Waals surface area contributed by atoms with Crippen LogP contribution < -0.4 is 10.2 Å². The van der Waals surface area contributed by atoms with Gasteiger partial charge in [-0.3, -0.25) is 4.79 Å². The van der Waals surface area contributed by atoms with Crippen LogP contribution in [0.1, 0.15) is 49.4 Å². The van der Waals surface area contributed by atoms with Crippen molar-refractivity contribution < 1.29 is 13.9 Å². The van der Waals surface area contributed by atoms with Crippen LogP contribution in [0.2, 0.25) is 0 Å². The number of ether oxygens (including phenoxy) is 2. The molecule has 1 unspecified atom stereocenters. The summed E-state index contributed by atoms with van der Waals surface area (Å²) in [5.74, 6) is -0.414. The number of hydrogen-bond acceptors (Lipinski definition) is 3. The molecule has 0 aliphatic carbocycles. The van der Waals surface area contributed by atoms with Gasteiger partial charge in [0.1, 0.15) is 6.61 Å². The molecule has 27 heavy (non-hydrogen) atoms. The normalized spacial score (nSPS) is 17.0. The SMILES string of the molecule is CCCc1ccc(CCc2[nH]c(OCC3CCCCO3)cc(=O)c2F)cc1. The van der Waals surface area contributed by atoms with Crippen LogP contribution in [-0.4, -0.2) is 24.3 Å². The van der Waals surface area contributed by atoms with E-state index < -0.39 is 11.2 Å². The minimum atomic E-state index is -0.723. The third-order valence-electron chi connectivity index (χ3n) is 4.94. The Kier molecular flexibility index (Phi) is 7.04. The van der Waals surface area contributed by atoms with Gasteiger partial charge in [0, 0.05) is 12.7 Å². The van der Waals surface area contributed by atoms with Gasteiger partial charge in [-0.2, -0.15) is 0 Å². The molecule has 1 aromatic carbocycles. The van der Waals surface area contributed by atoms with E-state index in [-0.39, 0.29) is 6.10 Å². The minimum absolute atomic E-state index is 0.0393. The number of halogens is 1. The third-order valence-corrected chi connectivity index (χ3v) is 4.94. The molecular weight excluding hydrogens is 345 g/mol. The van der Waals surface area contributed by atoms with Crippen molar-refractivity contribution in [2.24, 2.45) is 0 Å². The maximum atomic E-state index is 14.2. The molecule has 0 bridgehead atoms. The molecule has 0 radical (unpaired) electrons. The van der Waals surface area contributed by atoms with Gasteiger partial charge in [0.15, 0.2) is 11.7 Å². The fourth-order valence-corrected chi connectivity index (χ4v) is 3.37. The van der Waals surface area contributed by atoms with Crippen LogP contribution in [0.25, 0.3) is 0 Å². The van der Waals surface area contributed by atoms with Gasteiger partial charge < -0.3 is 14.5 Å². The van der Waals surface area contributed by atoms with Gasteiger partial charge in [-0.1, -0.05) is 37.6 Å². The number of rotatable bonds is 8. The highest BCUT2D eigenvalue weighted by molar-refractivity contribution is 5.24. The fraction of sp³-hybridized carbons (Fsp3) is 0.500. The Morgan fingerprint density at radius 2 is 1.89 bits per heavy atom. The Bertz CT molecular complexity index is 779. The summed E-state index contributed by atoms with van der Waals surface area (Å²) in [5.41, 5.74) is 2.08. The van der Waals surface area contributed by atoms with Crippen LogP contribution in [0.4, 0.5) is 4.39 Å². The van der Waals surface area contributed by atoms with Gasteiger partial charge in [-0.15, -0.1) is 0 Å². The lowest BCUT2D eigenvalue weighted by Gasteiger charge is -2.22. The van der Waals surface area contributed by atoms with Crippen LogP contribution in [-0.2, 0) is 24.0 Å². The molecule has 1 aromatic heterocycles. The highest BCUT2D eigenvalue weighted by Gasteiger charge is 2.16. The molecular formula is C22H28FNO3. The highest BCUT2D eigenvalue weighted by Crippen LogP contribution is 2.16. The Morgan fingerprint density at radius 1 is 1.15 bits per heavy atom. The lowest BCUT2D eigenvalue weighted by Crippen LogP contribution is -2.26. The number of hydrogen-bond donors (Lipinski definition) is 1. The molecule has 146 valence electrons. The fourth-order valence-electron chi connectivity index (χ4n) is 3.37. The molecule has 1 atom stereocenters.